The molecule has 5 heteroatoms. The third-order valence-electron chi connectivity index (χ3n) is 2.46. The van der Waals surface area contributed by atoms with Gasteiger partial charge < -0.3 is 0 Å². The first-order valence-corrected chi connectivity index (χ1v) is 5.92. The minimum absolute atomic E-state index is 0.216. The van der Waals surface area contributed by atoms with Gasteiger partial charge in [-0.05, 0) is 36.9 Å². The smallest absolute Gasteiger partial charge is 0.151 e. The van der Waals surface area contributed by atoms with E-state index in [1.807, 2.05) is 24.1 Å². The molecule has 0 unspecified atom stereocenters. The number of halogens is 2. The van der Waals surface area contributed by atoms with Crippen LogP contribution in [-0.4, -0.2) is 22.1 Å². The van der Waals surface area contributed by atoms with Crippen molar-refractivity contribution in [1.29, 1.82) is 0 Å². The Hall–Kier alpha value is -1.52. The van der Waals surface area contributed by atoms with E-state index < -0.39 is 0 Å². The molecular weight excluding hydrogens is 253 g/mol. The standard InChI is InChI=1S/C13H13ClFN3/c1-18(8-10-3-2-4-11(15)7-10)9-12-5-6-13(14)17-16-12/h2-7H,8-9H2,1H3. The number of hydrogen-bond acceptors (Lipinski definition) is 3. The molecule has 1 aromatic heterocycles. The van der Waals surface area contributed by atoms with E-state index in [9.17, 15) is 4.39 Å². The maximum absolute atomic E-state index is 13.0. The number of aromatic nitrogens is 2. The van der Waals surface area contributed by atoms with Crippen LogP contribution in [0, 0.1) is 5.82 Å². The molecule has 0 aliphatic carbocycles. The molecule has 94 valence electrons. The Bertz CT molecular complexity index is 516. The number of nitrogens with zero attached hydrogens (tertiary/aromatic N) is 3. The molecule has 0 saturated carbocycles. The van der Waals surface area contributed by atoms with E-state index >= 15 is 0 Å². The number of benzene rings is 1. The van der Waals surface area contributed by atoms with E-state index in [-0.39, 0.29) is 5.82 Å². The summed E-state index contributed by atoms with van der Waals surface area (Å²) in [4.78, 5) is 2.03. The molecule has 0 N–H and O–H groups in total. The third-order valence-corrected chi connectivity index (χ3v) is 2.66. The predicted molar refractivity (Wildman–Crippen MR) is 68.6 cm³/mol. The van der Waals surface area contributed by atoms with E-state index in [2.05, 4.69) is 10.2 Å². The molecule has 1 aromatic carbocycles. The largest absolute Gasteiger partial charge is 0.296 e. The summed E-state index contributed by atoms with van der Waals surface area (Å²) in [5, 5.41) is 8.14. The normalized spacial score (nSPS) is 10.9. The fourth-order valence-electron chi connectivity index (χ4n) is 1.71. The monoisotopic (exact) mass is 265 g/mol. The molecule has 0 amide bonds. The van der Waals surface area contributed by atoms with Crippen molar-refractivity contribution in [2.45, 2.75) is 13.1 Å². The van der Waals surface area contributed by atoms with Crippen LogP contribution in [0.3, 0.4) is 0 Å². The quantitative estimate of drug-likeness (QED) is 0.851. The second-order valence-corrected chi connectivity index (χ2v) is 4.54. The highest BCUT2D eigenvalue weighted by Gasteiger charge is 2.04. The van der Waals surface area contributed by atoms with Crippen LogP contribution in [0.1, 0.15) is 11.3 Å². The van der Waals surface area contributed by atoms with Gasteiger partial charge in [0, 0.05) is 13.1 Å². The summed E-state index contributed by atoms with van der Waals surface area (Å²) < 4.78 is 13.0. The van der Waals surface area contributed by atoms with Gasteiger partial charge in [-0.3, -0.25) is 4.90 Å². The van der Waals surface area contributed by atoms with Gasteiger partial charge in [-0.25, -0.2) is 4.39 Å². The first-order chi connectivity index (χ1) is 8.63. The van der Waals surface area contributed by atoms with Crippen molar-refractivity contribution in [2.75, 3.05) is 7.05 Å². The zero-order valence-corrected chi connectivity index (χ0v) is 10.7. The summed E-state index contributed by atoms with van der Waals surface area (Å²) >= 11 is 5.67. The van der Waals surface area contributed by atoms with Gasteiger partial charge in [0.2, 0.25) is 0 Å². The van der Waals surface area contributed by atoms with Crippen molar-refractivity contribution in [2.24, 2.45) is 0 Å². The van der Waals surface area contributed by atoms with Crippen molar-refractivity contribution < 1.29 is 4.39 Å². The van der Waals surface area contributed by atoms with E-state index in [0.717, 1.165) is 11.3 Å². The molecule has 18 heavy (non-hydrogen) atoms. The van der Waals surface area contributed by atoms with Crippen LogP contribution >= 0.6 is 11.6 Å². The zero-order valence-electron chi connectivity index (χ0n) is 9.98. The van der Waals surface area contributed by atoms with Gasteiger partial charge in [0.05, 0.1) is 5.69 Å². The van der Waals surface area contributed by atoms with Crippen LogP contribution < -0.4 is 0 Å². The Labute approximate surface area is 110 Å². The summed E-state index contributed by atoms with van der Waals surface area (Å²) in [6.07, 6.45) is 0. The van der Waals surface area contributed by atoms with Gasteiger partial charge in [-0.2, -0.15) is 5.10 Å². The molecule has 0 fully saturated rings. The van der Waals surface area contributed by atoms with Gasteiger partial charge >= 0.3 is 0 Å². The Morgan fingerprint density at radius 3 is 2.67 bits per heavy atom. The molecule has 2 aromatic rings. The first kappa shape index (κ1) is 12.9. The van der Waals surface area contributed by atoms with Gasteiger partial charge in [0.1, 0.15) is 5.82 Å². The molecule has 2 rings (SSSR count). The second-order valence-electron chi connectivity index (χ2n) is 4.15. The minimum Gasteiger partial charge on any atom is -0.296 e. The van der Waals surface area contributed by atoms with E-state index in [4.69, 9.17) is 11.6 Å². The Balaban J connectivity index is 1.96. The lowest BCUT2D eigenvalue weighted by atomic mass is 10.2. The predicted octanol–water partition coefficient (Wildman–Crippen LogP) is 2.90. The Kier molecular flexibility index (Phi) is 4.23. The maximum Gasteiger partial charge on any atom is 0.151 e. The van der Waals surface area contributed by atoms with Crippen LogP contribution in [0.4, 0.5) is 4.39 Å². The number of rotatable bonds is 4. The summed E-state index contributed by atoms with van der Waals surface area (Å²) in [6, 6.07) is 10.1. The van der Waals surface area contributed by atoms with Gasteiger partial charge in [0.25, 0.3) is 0 Å². The highest BCUT2D eigenvalue weighted by atomic mass is 35.5. The van der Waals surface area contributed by atoms with Crippen LogP contribution in [0.25, 0.3) is 0 Å². The van der Waals surface area contributed by atoms with Crippen LogP contribution in [-0.2, 0) is 13.1 Å². The molecule has 0 aliphatic rings. The molecule has 0 spiro atoms. The molecule has 1 heterocycles. The molecular formula is C13H13ClFN3. The molecule has 0 bridgehead atoms. The summed E-state index contributed by atoms with van der Waals surface area (Å²) in [7, 11) is 1.95. The summed E-state index contributed by atoms with van der Waals surface area (Å²) in [6.45, 7) is 1.29. The van der Waals surface area contributed by atoms with Crippen molar-refractivity contribution >= 4 is 11.6 Å². The highest BCUT2D eigenvalue weighted by Crippen LogP contribution is 2.09. The fourth-order valence-corrected chi connectivity index (χ4v) is 1.81. The topological polar surface area (TPSA) is 29.0 Å². The first-order valence-electron chi connectivity index (χ1n) is 5.54. The molecule has 0 aliphatic heterocycles. The molecule has 0 atom stereocenters. The maximum atomic E-state index is 13.0. The van der Waals surface area contributed by atoms with Crippen LogP contribution in [0.2, 0.25) is 5.15 Å². The average molecular weight is 266 g/mol. The third kappa shape index (κ3) is 3.75. The molecule has 0 saturated heterocycles. The summed E-state index contributed by atoms with van der Waals surface area (Å²) in [5.74, 6) is -0.216. The van der Waals surface area contributed by atoms with E-state index in [0.29, 0.717) is 18.2 Å². The lowest BCUT2D eigenvalue weighted by molar-refractivity contribution is 0.313. The number of hydrogen-bond donors (Lipinski definition) is 0. The van der Waals surface area contributed by atoms with Gasteiger partial charge in [-0.15, -0.1) is 5.10 Å². The van der Waals surface area contributed by atoms with Crippen LogP contribution in [0.15, 0.2) is 36.4 Å². The molecule has 3 nitrogen and oxygen atoms in total. The van der Waals surface area contributed by atoms with Crippen molar-refractivity contribution in [1.82, 2.24) is 15.1 Å². The second kappa shape index (κ2) is 5.89. The Morgan fingerprint density at radius 2 is 2.00 bits per heavy atom. The average Bonchev–Trinajstić information content (AvgIpc) is 2.32. The summed E-state index contributed by atoms with van der Waals surface area (Å²) in [5.41, 5.74) is 1.76. The SMILES string of the molecule is CN(Cc1cccc(F)c1)Cc1ccc(Cl)nn1. The lowest BCUT2D eigenvalue weighted by Crippen LogP contribution is -2.18. The fraction of sp³-hybridized carbons (Fsp3) is 0.231. The van der Waals surface area contributed by atoms with E-state index in [1.165, 1.54) is 12.1 Å². The van der Waals surface area contributed by atoms with Crippen molar-refractivity contribution in [3.63, 3.8) is 0 Å². The lowest BCUT2D eigenvalue weighted by Gasteiger charge is -2.15. The minimum atomic E-state index is -0.216. The van der Waals surface area contributed by atoms with Gasteiger partial charge in [-0.1, -0.05) is 23.7 Å². The zero-order chi connectivity index (χ0) is 13.0. The van der Waals surface area contributed by atoms with Gasteiger partial charge in [0.15, 0.2) is 5.15 Å². The van der Waals surface area contributed by atoms with Crippen molar-refractivity contribution in [3.8, 4) is 0 Å². The van der Waals surface area contributed by atoms with Crippen molar-refractivity contribution in [3.05, 3.63) is 58.6 Å². The van der Waals surface area contributed by atoms with E-state index in [1.54, 1.807) is 12.1 Å². The highest BCUT2D eigenvalue weighted by molar-refractivity contribution is 6.29. The van der Waals surface area contributed by atoms with Crippen LogP contribution in [0.5, 0.6) is 0 Å². The molecule has 0 radical (unpaired) electrons. The Morgan fingerprint density at radius 1 is 1.17 bits per heavy atom.